The third-order valence-electron chi connectivity index (χ3n) is 4.24. The monoisotopic (exact) mass is 340 g/mol. The second kappa shape index (κ2) is 7.66. The van der Waals surface area contributed by atoms with Gasteiger partial charge in [0.25, 0.3) is 0 Å². The van der Waals surface area contributed by atoms with Crippen LogP contribution in [0.3, 0.4) is 0 Å². The fraction of sp³-hybridized carbons (Fsp3) is 0.0909. The first-order valence-electron chi connectivity index (χ1n) is 8.70. The third kappa shape index (κ3) is 3.81. The summed E-state index contributed by atoms with van der Waals surface area (Å²) in [6.45, 7) is 1.48. The van der Waals surface area contributed by atoms with E-state index in [4.69, 9.17) is 0 Å². The van der Waals surface area contributed by atoms with Gasteiger partial charge in [0.1, 0.15) is 0 Å². The lowest BCUT2D eigenvalue weighted by Gasteiger charge is -2.11. The Hall–Kier alpha value is -3.40. The van der Waals surface area contributed by atoms with E-state index in [1.165, 1.54) is 11.1 Å². The largest absolute Gasteiger partial charge is 0.380 e. The van der Waals surface area contributed by atoms with E-state index in [2.05, 4.69) is 50.9 Å². The molecule has 26 heavy (non-hydrogen) atoms. The molecule has 0 radical (unpaired) electrons. The fourth-order valence-corrected chi connectivity index (χ4v) is 2.86. The molecule has 0 aliphatic rings. The highest BCUT2D eigenvalue weighted by atomic mass is 15.1. The predicted octanol–water partition coefficient (Wildman–Crippen LogP) is 4.85. The SMILES string of the molecule is c1ccc(CNc2ncc3c(NCc4ccccc4)cccc3n2)cc1. The molecule has 0 atom stereocenters. The Kier molecular flexibility index (Phi) is 4.74. The molecule has 0 saturated carbocycles. The van der Waals surface area contributed by atoms with Crippen LogP contribution in [0.5, 0.6) is 0 Å². The van der Waals surface area contributed by atoms with Crippen LogP contribution in [0.4, 0.5) is 11.6 Å². The molecular formula is C22H20N4. The van der Waals surface area contributed by atoms with Gasteiger partial charge in [-0.25, -0.2) is 9.97 Å². The van der Waals surface area contributed by atoms with Crippen molar-refractivity contribution in [2.75, 3.05) is 10.6 Å². The number of fused-ring (bicyclic) bond motifs is 1. The van der Waals surface area contributed by atoms with Gasteiger partial charge >= 0.3 is 0 Å². The van der Waals surface area contributed by atoms with Gasteiger partial charge < -0.3 is 10.6 Å². The normalized spacial score (nSPS) is 10.6. The van der Waals surface area contributed by atoms with Crippen molar-refractivity contribution in [3.63, 3.8) is 0 Å². The van der Waals surface area contributed by atoms with Crippen LogP contribution in [0.25, 0.3) is 10.9 Å². The summed E-state index contributed by atoms with van der Waals surface area (Å²) in [4.78, 5) is 9.12. The summed E-state index contributed by atoms with van der Waals surface area (Å²) in [5.41, 5.74) is 4.41. The Morgan fingerprint density at radius 1 is 0.654 bits per heavy atom. The van der Waals surface area contributed by atoms with Crippen LogP contribution in [-0.2, 0) is 13.1 Å². The first-order chi connectivity index (χ1) is 12.9. The summed E-state index contributed by atoms with van der Waals surface area (Å²) >= 11 is 0. The Balaban J connectivity index is 1.50. The molecule has 4 heteroatoms. The number of anilines is 2. The molecule has 4 rings (SSSR count). The first kappa shape index (κ1) is 16.1. The van der Waals surface area contributed by atoms with Gasteiger partial charge in [-0.1, -0.05) is 66.7 Å². The minimum absolute atomic E-state index is 0.640. The Labute approximate surface area is 152 Å². The summed E-state index contributed by atoms with van der Waals surface area (Å²) in [6, 6.07) is 26.7. The van der Waals surface area contributed by atoms with Gasteiger partial charge in [-0.2, -0.15) is 0 Å². The molecule has 0 amide bonds. The standard InChI is InChI=1S/C22H20N4/c1-3-8-17(9-4-1)14-23-20-12-7-13-21-19(20)16-25-22(26-21)24-15-18-10-5-2-6-11-18/h1-13,16,23H,14-15H2,(H,24,25,26). The van der Waals surface area contributed by atoms with Crippen LogP contribution in [0.2, 0.25) is 0 Å². The lowest BCUT2D eigenvalue weighted by atomic mass is 10.2. The molecule has 128 valence electrons. The molecule has 4 aromatic rings. The second-order valence-corrected chi connectivity index (χ2v) is 6.11. The van der Waals surface area contributed by atoms with Crippen molar-refractivity contribution in [3.05, 3.63) is 96.2 Å². The molecule has 3 aromatic carbocycles. The summed E-state index contributed by atoms with van der Waals surface area (Å²) < 4.78 is 0. The second-order valence-electron chi connectivity index (χ2n) is 6.11. The topological polar surface area (TPSA) is 49.8 Å². The zero-order chi connectivity index (χ0) is 17.6. The summed E-state index contributed by atoms with van der Waals surface area (Å²) in [6.07, 6.45) is 1.88. The Morgan fingerprint density at radius 3 is 2.00 bits per heavy atom. The van der Waals surface area contributed by atoms with Crippen LogP contribution in [0.1, 0.15) is 11.1 Å². The van der Waals surface area contributed by atoms with Crippen molar-refractivity contribution in [2.45, 2.75) is 13.1 Å². The lowest BCUT2D eigenvalue weighted by molar-refractivity contribution is 1.07. The minimum Gasteiger partial charge on any atom is -0.380 e. The van der Waals surface area contributed by atoms with Crippen molar-refractivity contribution in [1.82, 2.24) is 9.97 Å². The highest BCUT2D eigenvalue weighted by molar-refractivity contribution is 5.91. The molecule has 1 aromatic heterocycles. The molecular weight excluding hydrogens is 320 g/mol. The van der Waals surface area contributed by atoms with Crippen LogP contribution in [0, 0.1) is 0 Å². The number of hydrogen-bond donors (Lipinski definition) is 2. The number of nitrogens with one attached hydrogen (secondary N) is 2. The quantitative estimate of drug-likeness (QED) is 0.526. The fourth-order valence-electron chi connectivity index (χ4n) is 2.86. The van der Waals surface area contributed by atoms with Crippen molar-refractivity contribution in [1.29, 1.82) is 0 Å². The Bertz CT molecular complexity index is 985. The van der Waals surface area contributed by atoms with Crippen LogP contribution in [-0.4, -0.2) is 9.97 Å². The van der Waals surface area contributed by atoms with Gasteiger partial charge in [0, 0.05) is 30.4 Å². The smallest absolute Gasteiger partial charge is 0.223 e. The van der Waals surface area contributed by atoms with E-state index >= 15 is 0 Å². The van der Waals surface area contributed by atoms with Crippen LogP contribution >= 0.6 is 0 Å². The van der Waals surface area contributed by atoms with Crippen LogP contribution in [0.15, 0.2) is 85.1 Å². The molecule has 0 saturated heterocycles. The Morgan fingerprint density at radius 2 is 1.31 bits per heavy atom. The van der Waals surface area contributed by atoms with Crippen molar-refractivity contribution >= 4 is 22.5 Å². The molecule has 0 bridgehead atoms. The van der Waals surface area contributed by atoms with E-state index in [0.717, 1.165) is 23.1 Å². The summed E-state index contributed by atoms with van der Waals surface area (Å²) in [5, 5.41) is 7.79. The van der Waals surface area contributed by atoms with Gasteiger partial charge in [0.15, 0.2) is 0 Å². The van der Waals surface area contributed by atoms with E-state index < -0.39 is 0 Å². The third-order valence-corrected chi connectivity index (χ3v) is 4.24. The molecule has 0 unspecified atom stereocenters. The number of nitrogens with zero attached hydrogens (tertiary/aromatic N) is 2. The average molecular weight is 340 g/mol. The van der Waals surface area contributed by atoms with Crippen molar-refractivity contribution < 1.29 is 0 Å². The summed E-state index contributed by atoms with van der Waals surface area (Å²) in [7, 11) is 0. The maximum atomic E-state index is 4.64. The zero-order valence-electron chi connectivity index (χ0n) is 14.4. The summed E-state index contributed by atoms with van der Waals surface area (Å²) in [5.74, 6) is 0.640. The highest BCUT2D eigenvalue weighted by Crippen LogP contribution is 2.23. The molecule has 0 aliphatic carbocycles. The van der Waals surface area contributed by atoms with Crippen molar-refractivity contribution in [2.24, 2.45) is 0 Å². The highest BCUT2D eigenvalue weighted by Gasteiger charge is 2.05. The molecule has 4 nitrogen and oxygen atoms in total. The minimum atomic E-state index is 0.640. The molecule has 1 heterocycles. The molecule has 0 aliphatic heterocycles. The number of rotatable bonds is 6. The number of hydrogen-bond acceptors (Lipinski definition) is 4. The van der Waals surface area contributed by atoms with E-state index in [-0.39, 0.29) is 0 Å². The van der Waals surface area contributed by atoms with Crippen molar-refractivity contribution in [3.8, 4) is 0 Å². The predicted molar refractivity (Wildman–Crippen MR) is 107 cm³/mol. The zero-order valence-corrected chi connectivity index (χ0v) is 14.4. The molecule has 2 N–H and O–H groups in total. The molecule has 0 spiro atoms. The lowest BCUT2D eigenvalue weighted by Crippen LogP contribution is -2.04. The van der Waals surface area contributed by atoms with Gasteiger partial charge in [-0.05, 0) is 23.3 Å². The van der Waals surface area contributed by atoms with Gasteiger partial charge in [-0.3, -0.25) is 0 Å². The van der Waals surface area contributed by atoms with Gasteiger partial charge in [0.05, 0.1) is 5.52 Å². The van der Waals surface area contributed by atoms with E-state index in [1.807, 2.05) is 54.7 Å². The van der Waals surface area contributed by atoms with E-state index in [1.54, 1.807) is 0 Å². The first-order valence-corrected chi connectivity index (χ1v) is 8.70. The number of benzene rings is 3. The average Bonchev–Trinajstić information content (AvgIpc) is 2.72. The van der Waals surface area contributed by atoms with Gasteiger partial charge in [0.2, 0.25) is 5.95 Å². The maximum absolute atomic E-state index is 4.64. The molecule has 0 fully saturated rings. The maximum Gasteiger partial charge on any atom is 0.223 e. The van der Waals surface area contributed by atoms with E-state index in [0.29, 0.717) is 12.5 Å². The van der Waals surface area contributed by atoms with Gasteiger partial charge in [-0.15, -0.1) is 0 Å². The van der Waals surface area contributed by atoms with E-state index in [9.17, 15) is 0 Å². The number of aromatic nitrogens is 2. The van der Waals surface area contributed by atoms with Crippen LogP contribution < -0.4 is 10.6 Å².